The fourth-order valence-corrected chi connectivity index (χ4v) is 5.74. The average Bonchev–Trinajstić information content (AvgIpc) is 3.50. The smallest absolute Gasteiger partial charge is 0.337 e. The molecule has 3 aromatic rings. The lowest BCUT2D eigenvalue weighted by molar-refractivity contribution is -0.132. The van der Waals surface area contributed by atoms with Gasteiger partial charge in [-0.2, -0.15) is 0 Å². The van der Waals surface area contributed by atoms with Gasteiger partial charge in [0.1, 0.15) is 12.6 Å². The van der Waals surface area contributed by atoms with Crippen LogP contribution < -0.4 is 19.7 Å². The van der Waals surface area contributed by atoms with Crippen LogP contribution >= 0.6 is 11.3 Å². The van der Waals surface area contributed by atoms with Gasteiger partial charge in [-0.25, -0.2) is 4.79 Å². The molecule has 38 heavy (non-hydrogen) atoms. The monoisotopic (exact) mass is 534 g/mol. The van der Waals surface area contributed by atoms with Gasteiger partial charge >= 0.3 is 5.97 Å². The lowest BCUT2D eigenvalue weighted by Gasteiger charge is -2.35. The predicted octanol–water partition coefficient (Wildman–Crippen LogP) is 4.90. The molecule has 8 nitrogen and oxygen atoms in total. The van der Waals surface area contributed by atoms with E-state index in [1.807, 2.05) is 29.6 Å². The van der Waals surface area contributed by atoms with E-state index in [4.69, 9.17) is 14.2 Å². The lowest BCUT2D eigenvalue weighted by atomic mass is 9.95. The van der Waals surface area contributed by atoms with Crippen LogP contribution in [0.4, 0.5) is 5.69 Å². The van der Waals surface area contributed by atoms with Crippen molar-refractivity contribution in [3.8, 4) is 11.5 Å². The largest absolute Gasteiger partial charge is 0.485 e. The Morgan fingerprint density at radius 2 is 1.71 bits per heavy atom. The zero-order valence-electron chi connectivity index (χ0n) is 21.1. The van der Waals surface area contributed by atoms with Crippen LogP contribution in [0.2, 0.25) is 0 Å². The number of hydrogen-bond donors (Lipinski definition) is 1. The second kappa shape index (κ2) is 11.7. The Hall–Kier alpha value is -3.85. The van der Waals surface area contributed by atoms with Gasteiger partial charge in [0.05, 0.1) is 12.7 Å². The number of para-hydroxylation sites is 2. The highest BCUT2D eigenvalue weighted by Gasteiger charge is 2.40. The van der Waals surface area contributed by atoms with Crippen LogP contribution in [0.1, 0.15) is 53.4 Å². The highest BCUT2D eigenvalue weighted by Crippen LogP contribution is 2.35. The molecule has 2 amide bonds. The van der Waals surface area contributed by atoms with Crippen LogP contribution in [-0.2, 0) is 14.3 Å². The molecule has 2 aromatic carbocycles. The van der Waals surface area contributed by atoms with E-state index < -0.39 is 24.0 Å². The summed E-state index contributed by atoms with van der Waals surface area (Å²) in [4.78, 5) is 42.3. The van der Waals surface area contributed by atoms with E-state index >= 15 is 0 Å². The Bertz CT molecular complexity index is 1270. The molecule has 1 N–H and O–H groups in total. The first-order chi connectivity index (χ1) is 18.5. The molecule has 1 aliphatic carbocycles. The molecule has 0 radical (unpaired) electrons. The maximum Gasteiger partial charge on any atom is 0.337 e. The Labute approximate surface area is 225 Å². The number of carbonyl (C=O) groups excluding carboxylic acids is 3. The minimum Gasteiger partial charge on any atom is -0.485 e. The van der Waals surface area contributed by atoms with E-state index in [1.165, 1.54) is 29.8 Å². The van der Waals surface area contributed by atoms with Crippen molar-refractivity contribution in [2.45, 2.75) is 50.3 Å². The molecule has 0 spiro atoms. The van der Waals surface area contributed by atoms with E-state index in [0.29, 0.717) is 22.7 Å². The number of fused-ring (bicyclic) bond motifs is 1. The molecule has 0 unspecified atom stereocenters. The number of nitrogens with one attached hydrogen (secondary N) is 1. The normalized spacial score (nSPS) is 17.8. The van der Waals surface area contributed by atoms with E-state index in [9.17, 15) is 14.4 Å². The van der Waals surface area contributed by atoms with Crippen LogP contribution in [0.25, 0.3) is 0 Å². The SMILES string of the molecule is COC(=O)c1ccc(N(C(=O)[C@H]2COc3ccccc3O2)[C@H](C(=O)NC2CCCCC2)c2cccs2)cc1. The zero-order valence-corrected chi connectivity index (χ0v) is 21.9. The van der Waals surface area contributed by atoms with Gasteiger partial charge in [-0.15, -0.1) is 11.3 Å². The highest BCUT2D eigenvalue weighted by molar-refractivity contribution is 7.10. The molecular formula is C29H30N2O6S. The summed E-state index contributed by atoms with van der Waals surface area (Å²) in [6.45, 7) is 0.00793. The standard InChI is InChI=1S/C29H30N2O6S/c1-35-29(34)19-13-15-21(16-14-19)31(28(33)24-18-36-22-10-5-6-11-23(22)37-24)26(25-12-7-17-38-25)27(32)30-20-8-3-2-4-9-20/h5-7,10-17,20,24,26H,2-4,8-9,18H2,1H3,(H,30,32)/t24-,26+/m1/s1. The van der Waals surface area contributed by atoms with Crippen molar-refractivity contribution in [1.82, 2.24) is 5.32 Å². The van der Waals surface area contributed by atoms with Crippen molar-refractivity contribution in [1.29, 1.82) is 0 Å². The Morgan fingerprint density at radius 1 is 0.974 bits per heavy atom. The third-order valence-electron chi connectivity index (χ3n) is 6.86. The van der Waals surface area contributed by atoms with Crippen LogP contribution in [0.3, 0.4) is 0 Å². The predicted molar refractivity (Wildman–Crippen MR) is 144 cm³/mol. The summed E-state index contributed by atoms with van der Waals surface area (Å²) in [5.41, 5.74) is 0.802. The summed E-state index contributed by atoms with van der Waals surface area (Å²) in [6, 6.07) is 16.5. The number of esters is 1. The number of hydrogen-bond acceptors (Lipinski definition) is 7. The summed E-state index contributed by atoms with van der Waals surface area (Å²) in [5.74, 6) is -0.114. The molecule has 2 heterocycles. The van der Waals surface area contributed by atoms with Gasteiger partial charge in [-0.1, -0.05) is 37.5 Å². The minimum absolute atomic E-state index is 0.00793. The van der Waals surface area contributed by atoms with Crippen molar-refractivity contribution in [3.63, 3.8) is 0 Å². The topological polar surface area (TPSA) is 94.2 Å². The maximum atomic E-state index is 14.2. The molecule has 1 aromatic heterocycles. The first-order valence-electron chi connectivity index (χ1n) is 12.8. The average molecular weight is 535 g/mol. The van der Waals surface area contributed by atoms with Crippen molar-refractivity contribution in [3.05, 3.63) is 76.5 Å². The summed E-state index contributed by atoms with van der Waals surface area (Å²) >= 11 is 1.41. The lowest BCUT2D eigenvalue weighted by Crippen LogP contribution is -2.52. The second-order valence-corrected chi connectivity index (χ2v) is 10.4. The number of methoxy groups -OCH3 is 1. The molecule has 5 rings (SSSR count). The van der Waals surface area contributed by atoms with E-state index in [1.54, 1.807) is 36.4 Å². The number of thiophene rings is 1. The van der Waals surface area contributed by atoms with Crippen molar-refractivity contribution < 1.29 is 28.6 Å². The Balaban J connectivity index is 1.52. The fourth-order valence-electron chi connectivity index (χ4n) is 4.92. The van der Waals surface area contributed by atoms with Gasteiger partial charge in [0.15, 0.2) is 11.5 Å². The summed E-state index contributed by atoms with van der Waals surface area (Å²) in [5, 5.41) is 5.08. The number of nitrogens with zero attached hydrogens (tertiary/aromatic N) is 1. The number of ether oxygens (including phenoxy) is 3. The quantitative estimate of drug-likeness (QED) is 0.434. The van der Waals surface area contributed by atoms with Gasteiger partial charge in [-0.05, 0) is 60.7 Å². The number of carbonyl (C=O) groups is 3. The Morgan fingerprint density at radius 3 is 2.39 bits per heavy atom. The summed E-state index contributed by atoms with van der Waals surface area (Å²) in [6.07, 6.45) is 4.17. The third-order valence-corrected chi connectivity index (χ3v) is 7.78. The van der Waals surface area contributed by atoms with Crippen LogP contribution in [0.5, 0.6) is 11.5 Å². The van der Waals surface area contributed by atoms with Crippen molar-refractivity contribution in [2.24, 2.45) is 0 Å². The van der Waals surface area contributed by atoms with Crippen molar-refractivity contribution >= 4 is 34.8 Å². The van der Waals surface area contributed by atoms with Gasteiger partial charge in [0, 0.05) is 16.6 Å². The number of anilines is 1. The van der Waals surface area contributed by atoms with Crippen LogP contribution in [0.15, 0.2) is 66.0 Å². The molecule has 2 atom stereocenters. The molecule has 1 fully saturated rings. The van der Waals surface area contributed by atoms with Crippen LogP contribution in [-0.4, -0.2) is 43.6 Å². The molecule has 0 saturated heterocycles. The van der Waals surface area contributed by atoms with Gasteiger partial charge in [0.2, 0.25) is 12.0 Å². The van der Waals surface area contributed by atoms with Crippen LogP contribution in [0, 0.1) is 0 Å². The molecule has 198 valence electrons. The van der Waals surface area contributed by atoms with E-state index in [2.05, 4.69) is 5.32 Å². The number of benzene rings is 2. The summed E-state index contributed by atoms with van der Waals surface area (Å²) in [7, 11) is 1.31. The van der Waals surface area contributed by atoms with E-state index in [0.717, 1.165) is 30.6 Å². The highest BCUT2D eigenvalue weighted by atomic mass is 32.1. The van der Waals surface area contributed by atoms with Gasteiger partial charge in [0.25, 0.3) is 5.91 Å². The fraction of sp³-hybridized carbons (Fsp3) is 0.345. The first kappa shape index (κ1) is 25.8. The van der Waals surface area contributed by atoms with Gasteiger partial charge < -0.3 is 19.5 Å². The van der Waals surface area contributed by atoms with Gasteiger partial charge in [-0.3, -0.25) is 14.5 Å². The Kier molecular flexibility index (Phi) is 7.93. The molecule has 9 heteroatoms. The first-order valence-corrected chi connectivity index (χ1v) is 13.7. The maximum absolute atomic E-state index is 14.2. The number of rotatable bonds is 7. The van der Waals surface area contributed by atoms with Crippen molar-refractivity contribution in [2.75, 3.05) is 18.6 Å². The van der Waals surface area contributed by atoms with E-state index in [-0.39, 0.29) is 18.6 Å². The molecule has 0 bridgehead atoms. The molecular weight excluding hydrogens is 504 g/mol. The number of amides is 2. The zero-order chi connectivity index (χ0) is 26.5. The molecule has 1 aliphatic heterocycles. The summed E-state index contributed by atoms with van der Waals surface area (Å²) < 4.78 is 16.7. The third kappa shape index (κ3) is 5.52. The molecule has 1 saturated carbocycles. The molecule has 2 aliphatic rings. The second-order valence-electron chi connectivity index (χ2n) is 9.37. The minimum atomic E-state index is -0.963.